The molecule has 1 aliphatic heterocycles. The summed E-state index contributed by atoms with van der Waals surface area (Å²) in [5, 5.41) is 8.05. The van der Waals surface area contributed by atoms with E-state index in [1.165, 1.54) is 20.0 Å². The van der Waals surface area contributed by atoms with Crippen molar-refractivity contribution in [3.63, 3.8) is 0 Å². The van der Waals surface area contributed by atoms with Gasteiger partial charge in [-0.15, -0.1) is 0 Å². The number of esters is 1. The fourth-order valence-corrected chi connectivity index (χ4v) is 0.800. The molecule has 0 aromatic heterocycles. The average Bonchev–Trinajstić information content (AvgIpc) is 2.29. The van der Waals surface area contributed by atoms with Crippen LogP contribution in [0.15, 0.2) is 12.3 Å². The van der Waals surface area contributed by atoms with E-state index in [1.807, 2.05) is 6.08 Å². The van der Waals surface area contributed by atoms with Crippen molar-refractivity contribution in [2.75, 3.05) is 13.7 Å². The largest absolute Gasteiger partial charge is 0.502 e. The van der Waals surface area contributed by atoms with E-state index in [2.05, 4.69) is 4.74 Å². The van der Waals surface area contributed by atoms with Gasteiger partial charge in [-0.05, 0) is 18.9 Å². The number of aliphatic carboxylic acids is 1. The number of carboxylic acid groups (broad SMARTS) is 1. The lowest BCUT2D eigenvalue weighted by atomic mass is 10.3. The van der Waals surface area contributed by atoms with Gasteiger partial charge >= 0.3 is 11.9 Å². The molecule has 0 amide bonds. The second kappa shape index (κ2) is 9.05. The minimum absolute atomic E-state index is 0.0498. The van der Waals surface area contributed by atoms with Gasteiger partial charge in [0.25, 0.3) is 0 Å². The second-order valence-corrected chi connectivity index (χ2v) is 2.85. The third-order valence-electron chi connectivity index (χ3n) is 1.60. The lowest BCUT2D eigenvalue weighted by molar-refractivity contribution is -0.145. The molecule has 0 unspecified atom stereocenters. The van der Waals surface area contributed by atoms with Crippen molar-refractivity contribution in [1.29, 1.82) is 0 Å². The first-order valence-electron chi connectivity index (χ1n) is 4.72. The van der Waals surface area contributed by atoms with Crippen LogP contribution in [0.3, 0.4) is 0 Å². The zero-order valence-corrected chi connectivity index (χ0v) is 8.77. The van der Waals surface area contributed by atoms with E-state index in [0.717, 1.165) is 6.61 Å². The molecule has 1 N–H and O–H groups in total. The number of hydrogen-bond donors (Lipinski definition) is 1. The number of allylic oxidation sites excluding steroid dienone is 1. The molecule has 1 rings (SSSR count). The molecule has 0 spiro atoms. The van der Waals surface area contributed by atoms with Crippen LogP contribution in [0, 0.1) is 0 Å². The van der Waals surface area contributed by atoms with Crippen molar-refractivity contribution in [2.45, 2.75) is 25.7 Å². The second-order valence-electron chi connectivity index (χ2n) is 2.85. The Bertz CT molecular complexity index is 214. The van der Waals surface area contributed by atoms with Crippen LogP contribution in [0.5, 0.6) is 0 Å². The average molecular weight is 216 g/mol. The van der Waals surface area contributed by atoms with Crippen molar-refractivity contribution in [1.82, 2.24) is 0 Å². The van der Waals surface area contributed by atoms with Crippen LogP contribution in [0.1, 0.15) is 25.7 Å². The van der Waals surface area contributed by atoms with Crippen molar-refractivity contribution >= 4 is 11.9 Å². The van der Waals surface area contributed by atoms with Crippen LogP contribution in [-0.4, -0.2) is 30.8 Å². The lowest BCUT2D eigenvalue weighted by Gasteiger charge is -2.01. The highest BCUT2D eigenvalue weighted by Crippen LogP contribution is 1.97. The fraction of sp³-hybridized carbons (Fsp3) is 0.600. The molecule has 0 atom stereocenters. The molecule has 1 aliphatic rings. The molecule has 86 valence electrons. The highest BCUT2D eigenvalue weighted by molar-refractivity contribution is 5.76. The van der Waals surface area contributed by atoms with Crippen molar-refractivity contribution in [3.8, 4) is 0 Å². The Morgan fingerprint density at radius 2 is 2.20 bits per heavy atom. The maximum atomic E-state index is 10.2. The highest BCUT2D eigenvalue weighted by atomic mass is 16.5. The number of rotatable bonds is 3. The lowest BCUT2D eigenvalue weighted by Crippen LogP contribution is -2.04. The van der Waals surface area contributed by atoms with Crippen molar-refractivity contribution in [3.05, 3.63) is 12.3 Å². The molecule has 0 aromatic rings. The van der Waals surface area contributed by atoms with Crippen LogP contribution in [0.4, 0.5) is 0 Å². The number of ether oxygens (including phenoxy) is 2. The van der Waals surface area contributed by atoms with Crippen LogP contribution in [0.2, 0.25) is 0 Å². The highest BCUT2D eigenvalue weighted by Gasteiger charge is 2.02. The molecule has 0 fully saturated rings. The zero-order valence-electron chi connectivity index (χ0n) is 8.77. The number of hydrogen-bond acceptors (Lipinski definition) is 4. The van der Waals surface area contributed by atoms with Crippen LogP contribution in [0.25, 0.3) is 0 Å². The topological polar surface area (TPSA) is 72.8 Å². The first-order chi connectivity index (χ1) is 7.16. The van der Waals surface area contributed by atoms with Crippen LogP contribution >= 0.6 is 0 Å². The van der Waals surface area contributed by atoms with Gasteiger partial charge in [-0.2, -0.15) is 0 Å². The molecule has 15 heavy (non-hydrogen) atoms. The van der Waals surface area contributed by atoms with E-state index < -0.39 is 11.9 Å². The number of carbonyl (C=O) groups is 2. The standard InChI is InChI=1S/C5H8O4.C5H8O/c1-9-5(8)3-2-4(6)7;1-2-4-6-5-3-1/h2-3H2,1H3,(H,6,7);2,4H,1,3,5H2. The van der Waals surface area contributed by atoms with Gasteiger partial charge < -0.3 is 14.6 Å². The number of methoxy groups -OCH3 is 1. The van der Waals surface area contributed by atoms with Gasteiger partial charge in [0.1, 0.15) is 0 Å². The molecule has 0 aromatic carbocycles. The van der Waals surface area contributed by atoms with E-state index in [4.69, 9.17) is 9.84 Å². The van der Waals surface area contributed by atoms with E-state index in [1.54, 1.807) is 6.26 Å². The molecule has 0 bridgehead atoms. The Morgan fingerprint density at radius 1 is 1.47 bits per heavy atom. The van der Waals surface area contributed by atoms with E-state index >= 15 is 0 Å². The zero-order chi connectivity index (χ0) is 11.5. The molecule has 0 radical (unpaired) electrons. The normalized spacial score (nSPS) is 13.1. The third-order valence-corrected chi connectivity index (χ3v) is 1.60. The van der Waals surface area contributed by atoms with Crippen molar-refractivity contribution < 1.29 is 24.2 Å². The molecular weight excluding hydrogens is 200 g/mol. The molecule has 1 heterocycles. The van der Waals surface area contributed by atoms with Crippen molar-refractivity contribution in [2.24, 2.45) is 0 Å². The summed E-state index contributed by atoms with van der Waals surface area (Å²) < 4.78 is 9.09. The Labute approximate surface area is 88.7 Å². The summed E-state index contributed by atoms with van der Waals surface area (Å²) in [6.45, 7) is 0.913. The predicted molar refractivity (Wildman–Crippen MR) is 53.2 cm³/mol. The maximum Gasteiger partial charge on any atom is 0.306 e. The van der Waals surface area contributed by atoms with Gasteiger partial charge in [0, 0.05) is 0 Å². The summed E-state index contributed by atoms with van der Waals surface area (Å²) in [6, 6.07) is 0. The van der Waals surface area contributed by atoms with Gasteiger partial charge in [0.15, 0.2) is 0 Å². The summed E-state index contributed by atoms with van der Waals surface area (Å²) in [5.41, 5.74) is 0. The Kier molecular flexibility index (Phi) is 8.13. The molecular formula is C10H16O5. The Hall–Kier alpha value is -1.52. The van der Waals surface area contributed by atoms with Gasteiger partial charge in [-0.25, -0.2) is 0 Å². The van der Waals surface area contributed by atoms with Gasteiger partial charge in [-0.3, -0.25) is 9.59 Å². The smallest absolute Gasteiger partial charge is 0.306 e. The van der Waals surface area contributed by atoms with Gasteiger partial charge in [0.05, 0.1) is 32.8 Å². The van der Waals surface area contributed by atoms with Gasteiger partial charge in [0.2, 0.25) is 0 Å². The monoisotopic (exact) mass is 216 g/mol. The van der Waals surface area contributed by atoms with Crippen LogP contribution in [-0.2, 0) is 19.1 Å². The fourth-order valence-electron chi connectivity index (χ4n) is 0.800. The molecule has 5 nitrogen and oxygen atoms in total. The number of carboxylic acids is 1. The summed E-state index contributed by atoms with van der Waals surface area (Å²) in [7, 11) is 1.23. The number of carbonyl (C=O) groups excluding carboxylic acids is 1. The maximum absolute atomic E-state index is 10.2. The summed E-state index contributed by atoms with van der Waals surface area (Å²) in [4.78, 5) is 20.0. The van der Waals surface area contributed by atoms with Gasteiger partial charge in [-0.1, -0.05) is 0 Å². The van der Waals surface area contributed by atoms with E-state index in [9.17, 15) is 9.59 Å². The Balaban J connectivity index is 0.000000280. The first kappa shape index (κ1) is 13.5. The third kappa shape index (κ3) is 10.4. The van der Waals surface area contributed by atoms with E-state index in [0.29, 0.717) is 0 Å². The molecule has 0 saturated carbocycles. The Morgan fingerprint density at radius 3 is 2.47 bits per heavy atom. The molecule has 0 saturated heterocycles. The molecule has 5 heteroatoms. The predicted octanol–water partition coefficient (Wildman–Crippen LogP) is 1.33. The summed E-state index contributed by atoms with van der Waals surface area (Å²) in [5.74, 6) is -1.47. The SMILES string of the molecule is C1=COCCC1.COC(=O)CCC(=O)O. The van der Waals surface area contributed by atoms with Crippen LogP contribution < -0.4 is 0 Å². The summed E-state index contributed by atoms with van der Waals surface area (Å²) in [6.07, 6.45) is 5.99. The quantitative estimate of drug-likeness (QED) is 0.720. The molecule has 0 aliphatic carbocycles. The first-order valence-corrected chi connectivity index (χ1v) is 4.72. The minimum atomic E-state index is -0.986. The minimum Gasteiger partial charge on any atom is -0.502 e. The summed E-state index contributed by atoms with van der Waals surface area (Å²) >= 11 is 0. The van der Waals surface area contributed by atoms with E-state index in [-0.39, 0.29) is 12.8 Å².